The maximum absolute atomic E-state index is 12.5. The van der Waals surface area contributed by atoms with Crippen LogP contribution in [0.2, 0.25) is 0 Å². The number of carbonyl (C=O) groups excluding carboxylic acids is 2. The molecule has 28 heavy (non-hydrogen) atoms. The number of nitrogens with two attached hydrogens (primary N) is 1. The highest BCUT2D eigenvalue weighted by Crippen LogP contribution is 2.25. The highest BCUT2D eigenvalue weighted by molar-refractivity contribution is 6.02. The van der Waals surface area contributed by atoms with Gasteiger partial charge < -0.3 is 10.5 Å². The molecule has 0 fully saturated rings. The summed E-state index contributed by atoms with van der Waals surface area (Å²) in [6.45, 7) is 7.39. The Hall–Kier alpha value is -3.16. The third kappa shape index (κ3) is 4.21. The minimum absolute atomic E-state index is 0.0825. The maximum Gasteiger partial charge on any atom is 0.338 e. The molecule has 0 spiro atoms. The van der Waals surface area contributed by atoms with Crippen molar-refractivity contribution in [1.29, 1.82) is 0 Å². The largest absolute Gasteiger partial charge is 0.454 e. The van der Waals surface area contributed by atoms with Crippen molar-refractivity contribution in [2.45, 2.75) is 39.5 Å². The van der Waals surface area contributed by atoms with Crippen LogP contribution in [0.25, 0.3) is 0 Å². The molecule has 2 rings (SSSR count). The van der Waals surface area contributed by atoms with E-state index in [0.717, 1.165) is 15.7 Å². The molecule has 0 unspecified atom stereocenters. The number of Topliss-reactive ketones (excluding diaryl/α,β-unsaturated/α-hetero) is 1. The normalized spacial score (nSPS) is 11.1. The Labute approximate surface area is 162 Å². The van der Waals surface area contributed by atoms with Crippen molar-refractivity contribution >= 4 is 17.6 Å². The molecule has 150 valence electrons. The Morgan fingerprint density at radius 2 is 1.79 bits per heavy atom. The van der Waals surface area contributed by atoms with Crippen molar-refractivity contribution in [3.63, 3.8) is 0 Å². The van der Waals surface area contributed by atoms with Gasteiger partial charge in [0.2, 0.25) is 5.78 Å². The zero-order valence-electron chi connectivity index (χ0n) is 16.7. The second-order valence-electron chi connectivity index (χ2n) is 7.23. The lowest BCUT2D eigenvalue weighted by Gasteiger charge is -2.15. The number of aromatic nitrogens is 2. The summed E-state index contributed by atoms with van der Waals surface area (Å²) in [4.78, 5) is 50.3. The average molecular weight is 387 g/mol. The first-order valence-electron chi connectivity index (χ1n) is 8.97. The number of ketones is 1. The van der Waals surface area contributed by atoms with E-state index in [1.807, 2.05) is 31.0 Å². The van der Waals surface area contributed by atoms with Gasteiger partial charge in [0.15, 0.2) is 6.61 Å². The quantitative estimate of drug-likeness (QED) is 0.576. The van der Waals surface area contributed by atoms with Gasteiger partial charge in [-0.25, -0.2) is 9.59 Å². The number of H-pyrrole nitrogens is 1. The van der Waals surface area contributed by atoms with Crippen molar-refractivity contribution in [3.8, 4) is 0 Å². The molecular weight excluding hydrogens is 362 g/mol. The molecule has 0 aliphatic rings. The van der Waals surface area contributed by atoms with Crippen molar-refractivity contribution in [2.75, 3.05) is 12.3 Å². The second kappa shape index (κ2) is 8.24. The molecule has 0 aliphatic carbocycles. The van der Waals surface area contributed by atoms with Gasteiger partial charge in [0.05, 0.1) is 5.56 Å². The molecule has 8 nitrogen and oxygen atoms in total. The summed E-state index contributed by atoms with van der Waals surface area (Å²) in [5.41, 5.74) is 5.93. The SMILES string of the molecule is CC(C)c1ccc(C(=O)OCC(=O)c2c(N)n(C)c(=O)[nH]c2=O)c(C(C)C)c1. The predicted octanol–water partition coefficient (Wildman–Crippen LogP) is 1.94. The van der Waals surface area contributed by atoms with Crippen molar-refractivity contribution < 1.29 is 14.3 Å². The number of carbonyl (C=O) groups is 2. The first kappa shape index (κ1) is 21.1. The monoisotopic (exact) mass is 387 g/mol. The molecule has 1 aromatic carbocycles. The number of nitrogen functional groups attached to an aromatic ring is 1. The van der Waals surface area contributed by atoms with Crippen LogP contribution in [0.3, 0.4) is 0 Å². The zero-order valence-corrected chi connectivity index (χ0v) is 16.7. The van der Waals surface area contributed by atoms with Crippen LogP contribution in [0.1, 0.15) is 71.4 Å². The summed E-state index contributed by atoms with van der Waals surface area (Å²) in [6, 6.07) is 5.50. The Balaban J connectivity index is 2.26. The van der Waals surface area contributed by atoms with Crippen LogP contribution in [0.5, 0.6) is 0 Å². The second-order valence-corrected chi connectivity index (χ2v) is 7.23. The lowest BCUT2D eigenvalue weighted by Crippen LogP contribution is -2.35. The standard InChI is InChI=1S/C20H25N3O5/c1-10(2)12-6-7-13(14(8-12)11(3)4)19(26)28-9-15(24)16-17(21)23(5)20(27)22-18(16)25/h6-8,10-11H,9,21H2,1-5H3,(H,22,25,27). The van der Waals surface area contributed by atoms with E-state index in [1.54, 1.807) is 6.07 Å². The van der Waals surface area contributed by atoms with E-state index in [-0.39, 0.29) is 11.7 Å². The van der Waals surface area contributed by atoms with Crippen LogP contribution in [0.15, 0.2) is 27.8 Å². The summed E-state index contributed by atoms with van der Waals surface area (Å²) in [5, 5.41) is 0. The molecule has 0 atom stereocenters. The molecule has 1 aromatic heterocycles. The van der Waals surface area contributed by atoms with Gasteiger partial charge >= 0.3 is 11.7 Å². The molecule has 0 bridgehead atoms. The Morgan fingerprint density at radius 1 is 1.14 bits per heavy atom. The van der Waals surface area contributed by atoms with E-state index in [1.165, 1.54) is 7.05 Å². The minimum atomic E-state index is -0.911. The maximum atomic E-state index is 12.5. The van der Waals surface area contributed by atoms with Gasteiger partial charge in [-0.1, -0.05) is 39.8 Å². The predicted molar refractivity (Wildman–Crippen MR) is 106 cm³/mol. The number of nitrogens with zero attached hydrogens (tertiary/aromatic N) is 1. The summed E-state index contributed by atoms with van der Waals surface area (Å²) in [5.74, 6) is -1.33. The van der Waals surface area contributed by atoms with Crippen molar-refractivity contribution in [2.24, 2.45) is 7.05 Å². The number of hydrogen-bond acceptors (Lipinski definition) is 6. The first-order valence-corrected chi connectivity index (χ1v) is 8.97. The van der Waals surface area contributed by atoms with E-state index >= 15 is 0 Å². The number of aromatic amines is 1. The van der Waals surface area contributed by atoms with Gasteiger partial charge in [-0.3, -0.25) is 19.1 Å². The fourth-order valence-corrected chi connectivity index (χ4v) is 2.79. The summed E-state index contributed by atoms with van der Waals surface area (Å²) in [7, 11) is 1.32. The molecule has 0 amide bonds. The number of ether oxygens (including phenoxy) is 1. The summed E-state index contributed by atoms with van der Waals surface area (Å²) < 4.78 is 6.07. The Kier molecular flexibility index (Phi) is 6.23. The summed E-state index contributed by atoms with van der Waals surface area (Å²) in [6.07, 6.45) is 0. The van der Waals surface area contributed by atoms with Crippen LogP contribution in [0.4, 0.5) is 5.82 Å². The molecule has 0 saturated heterocycles. The highest BCUT2D eigenvalue weighted by Gasteiger charge is 2.22. The lowest BCUT2D eigenvalue weighted by molar-refractivity contribution is 0.0473. The van der Waals surface area contributed by atoms with E-state index in [2.05, 4.69) is 13.8 Å². The minimum Gasteiger partial charge on any atom is -0.454 e. The van der Waals surface area contributed by atoms with Gasteiger partial charge in [0.1, 0.15) is 11.4 Å². The van der Waals surface area contributed by atoms with Gasteiger partial charge in [-0.15, -0.1) is 0 Å². The van der Waals surface area contributed by atoms with Crippen molar-refractivity contribution in [3.05, 3.63) is 61.3 Å². The van der Waals surface area contributed by atoms with E-state index in [4.69, 9.17) is 10.5 Å². The van der Waals surface area contributed by atoms with E-state index in [9.17, 15) is 19.2 Å². The van der Waals surface area contributed by atoms with Crippen LogP contribution in [-0.4, -0.2) is 27.9 Å². The number of nitrogens with one attached hydrogen (secondary N) is 1. The number of benzene rings is 1. The molecule has 0 saturated carbocycles. The topological polar surface area (TPSA) is 124 Å². The van der Waals surface area contributed by atoms with E-state index in [0.29, 0.717) is 11.5 Å². The molecule has 3 N–H and O–H groups in total. The molecule has 0 radical (unpaired) electrons. The van der Waals surface area contributed by atoms with Crippen LogP contribution in [0, 0.1) is 0 Å². The molecule has 1 heterocycles. The van der Waals surface area contributed by atoms with Gasteiger partial charge in [-0.2, -0.15) is 0 Å². The van der Waals surface area contributed by atoms with Crippen LogP contribution >= 0.6 is 0 Å². The lowest BCUT2D eigenvalue weighted by atomic mass is 9.91. The fraction of sp³-hybridized carbons (Fsp3) is 0.400. The van der Waals surface area contributed by atoms with Crippen LogP contribution in [-0.2, 0) is 11.8 Å². The molecule has 2 aromatic rings. The molecule has 0 aliphatic heterocycles. The number of hydrogen-bond donors (Lipinski definition) is 2. The number of esters is 1. The van der Waals surface area contributed by atoms with E-state index < -0.39 is 35.2 Å². The molecule has 8 heteroatoms. The third-order valence-corrected chi connectivity index (χ3v) is 4.57. The Bertz CT molecular complexity index is 1030. The number of rotatable bonds is 6. The fourth-order valence-electron chi connectivity index (χ4n) is 2.79. The highest BCUT2D eigenvalue weighted by atomic mass is 16.5. The smallest absolute Gasteiger partial charge is 0.338 e. The van der Waals surface area contributed by atoms with Crippen LogP contribution < -0.4 is 17.0 Å². The van der Waals surface area contributed by atoms with Gasteiger partial charge in [0, 0.05) is 7.05 Å². The zero-order chi connectivity index (χ0) is 21.2. The average Bonchev–Trinajstić information content (AvgIpc) is 2.63. The van der Waals surface area contributed by atoms with Gasteiger partial charge in [-0.05, 0) is 29.0 Å². The molecular formula is C20H25N3O5. The van der Waals surface area contributed by atoms with Crippen molar-refractivity contribution in [1.82, 2.24) is 9.55 Å². The van der Waals surface area contributed by atoms with Gasteiger partial charge in [0.25, 0.3) is 5.56 Å². The Morgan fingerprint density at radius 3 is 2.36 bits per heavy atom. The number of anilines is 1. The first-order chi connectivity index (χ1) is 13.0. The summed E-state index contributed by atoms with van der Waals surface area (Å²) >= 11 is 0. The third-order valence-electron chi connectivity index (χ3n) is 4.57.